The molecular formula is C25H24FN5O2. The second-order valence-electron chi connectivity index (χ2n) is 8.13. The Morgan fingerprint density at radius 1 is 1.12 bits per heavy atom. The lowest BCUT2D eigenvalue weighted by Gasteiger charge is -2.12. The molecule has 7 nitrogen and oxygen atoms in total. The number of hydrogen-bond acceptors (Lipinski definition) is 7. The molecule has 1 saturated heterocycles. The van der Waals surface area contributed by atoms with E-state index in [-0.39, 0.29) is 17.9 Å². The summed E-state index contributed by atoms with van der Waals surface area (Å²) in [5, 5.41) is 7.33. The van der Waals surface area contributed by atoms with Crippen LogP contribution in [0.4, 0.5) is 10.2 Å². The van der Waals surface area contributed by atoms with Gasteiger partial charge in [-0.25, -0.2) is 14.4 Å². The van der Waals surface area contributed by atoms with Crippen LogP contribution in [-0.4, -0.2) is 28.0 Å². The molecule has 168 valence electrons. The molecule has 0 spiro atoms. The molecule has 0 amide bonds. The van der Waals surface area contributed by atoms with Crippen LogP contribution in [0, 0.1) is 12.7 Å². The zero-order chi connectivity index (χ0) is 22.8. The maximum Gasteiger partial charge on any atom is 0.189 e. The summed E-state index contributed by atoms with van der Waals surface area (Å²) in [6.07, 6.45) is 3.67. The minimum atomic E-state index is -0.381. The first kappa shape index (κ1) is 21.2. The number of ether oxygens (including phenoxy) is 1. The maximum atomic E-state index is 14.9. The number of aromatic nitrogens is 3. The summed E-state index contributed by atoms with van der Waals surface area (Å²) in [6, 6.07) is 14.6. The molecule has 2 aromatic heterocycles. The molecule has 4 aromatic rings. The number of benzene rings is 2. The number of nitrogens with zero attached hydrogens (tertiary/aromatic N) is 3. The molecule has 0 bridgehead atoms. The van der Waals surface area contributed by atoms with E-state index in [0.29, 0.717) is 35.0 Å². The van der Waals surface area contributed by atoms with Gasteiger partial charge in [-0.15, -0.1) is 0 Å². The highest BCUT2D eigenvalue weighted by molar-refractivity contribution is 5.73. The van der Waals surface area contributed by atoms with E-state index < -0.39 is 0 Å². The third-order valence-corrected chi connectivity index (χ3v) is 5.66. The van der Waals surface area contributed by atoms with Crippen LogP contribution < -0.4 is 11.1 Å². The fourth-order valence-electron chi connectivity index (χ4n) is 3.80. The average molecular weight is 445 g/mol. The van der Waals surface area contributed by atoms with Crippen LogP contribution in [-0.2, 0) is 11.3 Å². The quantitative estimate of drug-likeness (QED) is 0.443. The van der Waals surface area contributed by atoms with E-state index in [0.717, 1.165) is 36.1 Å². The van der Waals surface area contributed by atoms with E-state index >= 15 is 0 Å². The summed E-state index contributed by atoms with van der Waals surface area (Å²) < 4.78 is 25.9. The Balaban J connectivity index is 1.38. The van der Waals surface area contributed by atoms with Crippen molar-refractivity contribution in [3.8, 4) is 34.0 Å². The van der Waals surface area contributed by atoms with Crippen molar-refractivity contribution in [2.45, 2.75) is 32.5 Å². The molecule has 5 rings (SSSR count). The highest BCUT2D eigenvalue weighted by Crippen LogP contribution is 2.31. The number of nitrogen functional groups attached to an aromatic ring is 1. The van der Waals surface area contributed by atoms with Gasteiger partial charge in [-0.05, 0) is 37.5 Å². The molecule has 1 aliphatic rings. The first-order valence-electron chi connectivity index (χ1n) is 10.9. The second kappa shape index (κ2) is 9.09. The Hall–Kier alpha value is -3.62. The third-order valence-electron chi connectivity index (χ3n) is 5.66. The van der Waals surface area contributed by atoms with Gasteiger partial charge in [0.15, 0.2) is 17.3 Å². The maximum absolute atomic E-state index is 14.9. The van der Waals surface area contributed by atoms with Crippen LogP contribution in [0.3, 0.4) is 0 Å². The van der Waals surface area contributed by atoms with E-state index in [9.17, 15) is 4.39 Å². The van der Waals surface area contributed by atoms with Crippen molar-refractivity contribution in [2.75, 3.05) is 12.3 Å². The minimum Gasteiger partial charge on any atom is -0.382 e. The second-order valence-corrected chi connectivity index (χ2v) is 8.13. The van der Waals surface area contributed by atoms with Gasteiger partial charge >= 0.3 is 0 Å². The molecule has 3 heterocycles. The Morgan fingerprint density at radius 3 is 2.73 bits per heavy atom. The summed E-state index contributed by atoms with van der Waals surface area (Å²) in [5.41, 5.74) is 10.7. The predicted octanol–water partition coefficient (Wildman–Crippen LogP) is 4.72. The molecule has 2 aromatic carbocycles. The summed E-state index contributed by atoms with van der Waals surface area (Å²) in [5.74, 6) is 0.158. The van der Waals surface area contributed by atoms with Crippen molar-refractivity contribution >= 4 is 5.82 Å². The fraction of sp³-hybridized carbons (Fsp3) is 0.240. The lowest BCUT2D eigenvalue weighted by Crippen LogP contribution is -2.27. The number of anilines is 1. The lowest BCUT2D eigenvalue weighted by molar-refractivity contribution is 0.0827. The Labute approximate surface area is 190 Å². The van der Waals surface area contributed by atoms with Crippen molar-refractivity contribution < 1.29 is 13.7 Å². The van der Waals surface area contributed by atoms with Crippen molar-refractivity contribution in [1.29, 1.82) is 0 Å². The van der Waals surface area contributed by atoms with Crippen LogP contribution in [0.15, 0.2) is 59.3 Å². The summed E-state index contributed by atoms with van der Waals surface area (Å²) in [4.78, 5) is 8.87. The number of hydrogen-bond donors (Lipinski definition) is 2. The van der Waals surface area contributed by atoms with E-state index in [2.05, 4.69) is 20.4 Å². The van der Waals surface area contributed by atoms with Gasteiger partial charge in [0.25, 0.3) is 0 Å². The van der Waals surface area contributed by atoms with Crippen molar-refractivity contribution in [3.05, 3.63) is 71.7 Å². The SMILES string of the molecule is Cc1ccc(-c2cnc(N)c(-c3cc(-c4ccc(CNC5CCCO5)cc4F)no3)n2)cc1. The van der Waals surface area contributed by atoms with Crippen molar-refractivity contribution in [1.82, 2.24) is 20.4 Å². The van der Waals surface area contributed by atoms with E-state index in [1.165, 1.54) is 6.07 Å². The Kier molecular flexibility index (Phi) is 5.85. The fourth-order valence-corrected chi connectivity index (χ4v) is 3.80. The Bertz CT molecular complexity index is 1270. The molecule has 3 N–H and O–H groups in total. The third kappa shape index (κ3) is 4.62. The number of rotatable bonds is 6. The smallest absolute Gasteiger partial charge is 0.189 e. The predicted molar refractivity (Wildman–Crippen MR) is 123 cm³/mol. The summed E-state index contributed by atoms with van der Waals surface area (Å²) in [7, 11) is 0. The number of nitrogens with one attached hydrogen (secondary N) is 1. The van der Waals surface area contributed by atoms with Crippen LogP contribution in [0.1, 0.15) is 24.0 Å². The monoisotopic (exact) mass is 445 g/mol. The van der Waals surface area contributed by atoms with Crippen LogP contribution >= 0.6 is 0 Å². The van der Waals surface area contributed by atoms with Gasteiger partial charge in [0.05, 0.1) is 11.9 Å². The molecule has 8 heteroatoms. The van der Waals surface area contributed by atoms with E-state index in [1.54, 1.807) is 18.3 Å². The molecule has 1 fully saturated rings. The zero-order valence-corrected chi connectivity index (χ0v) is 18.2. The largest absolute Gasteiger partial charge is 0.382 e. The highest BCUT2D eigenvalue weighted by Gasteiger charge is 2.18. The molecular weight excluding hydrogens is 421 g/mol. The average Bonchev–Trinajstić information content (AvgIpc) is 3.51. The van der Waals surface area contributed by atoms with Gasteiger partial charge < -0.3 is 15.0 Å². The standard InChI is InChI=1S/C25H24FN5O2/c1-15-4-7-17(8-5-15)21-14-29-25(27)24(30-21)22-12-20(31-33-22)18-9-6-16(11-19(18)26)13-28-23-3-2-10-32-23/h4-9,11-12,14,23,28H,2-3,10,13H2,1H3,(H2,27,29). The summed E-state index contributed by atoms with van der Waals surface area (Å²) in [6.45, 7) is 3.32. The van der Waals surface area contributed by atoms with Crippen molar-refractivity contribution in [2.24, 2.45) is 0 Å². The highest BCUT2D eigenvalue weighted by atomic mass is 19.1. The Morgan fingerprint density at radius 2 is 1.97 bits per heavy atom. The topological polar surface area (TPSA) is 99.1 Å². The summed E-state index contributed by atoms with van der Waals surface area (Å²) >= 11 is 0. The van der Waals surface area contributed by atoms with E-state index in [1.807, 2.05) is 37.3 Å². The molecule has 0 aliphatic carbocycles. The number of aryl methyl sites for hydroxylation is 1. The molecule has 1 aliphatic heterocycles. The lowest BCUT2D eigenvalue weighted by atomic mass is 10.1. The first-order valence-corrected chi connectivity index (χ1v) is 10.9. The number of nitrogens with two attached hydrogens (primary N) is 1. The molecule has 0 saturated carbocycles. The molecule has 1 unspecified atom stereocenters. The van der Waals surface area contributed by atoms with Crippen LogP contribution in [0.25, 0.3) is 34.0 Å². The minimum absolute atomic E-state index is 0.0353. The zero-order valence-electron chi connectivity index (χ0n) is 18.2. The van der Waals surface area contributed by atoms with Gasteiger partial charge in [0.2, 0.25) is 0 Å². The van der Waals surface area contributed by atoms with Crippen molar-refractivity contribution in [3.63, 3.8) is 0 Å². The van der Waals surface area contributed by atoms with Crippen LogP contribution in [0.5, 0.6) is 0 Å². The van der Waals surface area contributed by atoms with Gasteiger partial charge in [0, 0.05) is 30.3 Å². The normalized spacial score (nSPS) is 15.8. The van der Waals surface area contributed by atoms with Gasteiger partial charge in [-0.2, -0.15) is 0 Å². The molecule has 33 heavy (non-hydrogen) atoms. The molecule has 0 radical (unpaired) electrons. The van der Waals surface area contributed by atoms with Gasteiger partial charge in [-0.1, -0.05) is 41.1 Å². The molecule has 1 atom stereocenters. The van der Waals surface area contributed by atoms with Gasteiger partial charge in [-0.3, -0.25) is 5.32 Å². The number of halogens is 1. The first-order chi connectivity index (χ1) is 16.1. The van der Waals surface area contributed by atoms with Crippen LogP contribution in [0.2, 0.25) is 0 Å². The van der Waals surface area contributed by atoms with E-state index in [4.69, 9.17) is 15.0 Å². The van der Waals surface area contributed by atoms with Gasteiger partial charge in [0.1, 0.15) is 17.7 Å².